The van der Waals surface area contributed by atoms with Gasteiger partial charge in [0.1, 0.15) is 5.67 Å². The van der Waals surface area contributed by atoms with Crippen molar-refractivity contribution in [3.05, 3.63) is 23.3 Å². The van der Waals surface area contributed by atoms with Gasteiger partial charge < -0.3 is 9.47 Å². The highest BCUT2D eigenvalue weighted by atomic mass is 19.1. The molecular weight excluding hydrogens is 221 g/mol. The maximum absolute atomic E-state index is 14.1. The standard InChI is InChI=1S/C13H16FNO2/c1-13(2,14)10-8-12(17-4)11(16-3)7-9(10)5-6-15/h7-8H,5H2,1-4H3. The molecule has 0 heterocycles. The lowest BCUT2D eigenvalue weighted by Crippen LogP contribution is -2.13. The first-order valence-electron chi connectivity index (χ1n) is 5.25. The quantitative estimate of drug-likeness (QED) is 0.808. The van der Waals surface area contributed by atoms with Crippen molar-refractivity contribution >= 4 is 0 Å². The SMILES string of the molecule is COc1cc(CC#N)c(C(C)(C)F)cc1OC. The van der Waals surface area contributed by atoms with E-state index in [-0.39, 0.29) is 6.42 Å². The van der Waals surface area contributed by atoms with Crippen LogP contribution in [-0.2, 0) is 12.1 Å². The third-order valence-electron chi connectivity index (χ3n) is 2.52. The maximum Gasteiger partial charge on any atom is 0.161 e. The second-order valence-electron chi connectivity index (χ2n) is 4.17. The highest BCUT2D eigenvalue weighted by Crippen LogP contribution is 2.37. The van der Waals surface area contributed by atoms with Gasteiger partial charge in [0.15, 0.2) is 11.5 Å². The molecule has 1 rings (SSSR count). The molecule has 0 N–H and O–H groups in total. The molecule has 0 saturated carbocycles. The van der Waals surface area contributed by atoms with E-state index in [0.717, 1.165) is 0 Å². The first kappa shape index (κ1) is 13.3. The van der Waals surface area contributed by atoms with Gasteiger partial charge in [-0.1, -0.05) is 0 Å². The topological polar surface area (TPSA) is 42.2 Å². The van der Waals surface area contributed by atoms with Gasteiger partial charge in [-0.05, 0) is 37.1 Å². The molecule has 17 heavy (non-hydrogen) atoms. The third kappa shape index (κ3) is 2.88. The summed E-state index contributed by atoms with van der Waals surface area (Å²) in [4.78, 5) is 0. The molecule has 0 aliphatic rings. The number of rotatable bonds is 4. The van der Waals surface area contributed by atoms with Crippen molar-refractivity contribution in [3.63, 3.8) is 0 Å². The zero-order valence-electron chi connectivity index (χ0n) is 10.5. The molecule has 4 heteroatoms. The summed E-state index contributed by atoms with van der Waals surface area (Å²) < 4.78 is 24.3. The van der Waals surface area contributed by atoms with Crippen LogP contribution in [0.25, 0.3) is 0 Å². The number of methoxy groups -OCH3 is 2. The van der Waals surface area contributed by atoms with Crippen molar-refractivity contribution in [3.8, 4) is 17.6 Å². The van der Waals surface area contributed by atoms with Gasteiger partial charge in [-0.25, -0.2) is 4.39 Å². The molecule has 0 amide bonds. The maximum atomic E-state index is 14.1. The summed E-state index contributed by atoms with van der Waals surface area (Å²) in [6, 6.07) is 5.26. The second-order valence-corrected chi connectivity index (χ2v) is 4.17. The predicted octanol–water partition coefficient (Wildman–Crippen LogP) is 2.97. The van der Waals surface area contributed by atoms with Gasteiger partial charge in [-0.15, -0.1) is 0 Å². The molecule has 3 nitrogen and oxygen atoms in total. The molecule has 0 spiro atoms. The van der Waals surface area contributed by atoms with E-state index >= 15 is 0 Å². The van der Waals surface area contributed by atoms with E-state index in [1.54, 1.807) is 12.1 Å². The summed E-state index contributed by atoms with van der Waals surface area (Å²) in [6.45, 7) is 2.91. The Kier molecular flexibility index (Phi) is 3.95. The molecule has 0 unspecified atom stereocenters. The lowest BCUT2D eigenvalue weighted by molar-refractivity contribution is 0.219. The lowest BCUT2D eigenvalue weighted by Gasteiger charge is -2.20. The number of nitrogens with zero attached hydrogens (tertiary/aromatic N) is 1. The van der Waals surface area contributed by atoms with Crippen LogP contribution in [0.1, 0.15) is 25.0 Å². The van der Waals surface area contributed by atoms with E-state index in [1.165, 1.54) is 28.1 Å². The zero-order chi connectivity index (χ0) is 13.1. The molecule has 0 fully saturated rings. The summed E-state index contributed by atoms with van der Waals surface area (Å²) >= 11 is 0. The number of nitriles is 1. The van der Waals surface area contributed by atoms with Crippen LogP contribution in [0.15, 0.2) is 12.1 Å². The first-order valence-corrected chi connectivity index (χ1v) is 5.25. The summed E-state index contributed by atoms with van der Waals surface area (Å²) in [6.07, 6.45) is 0.142. The number of hydrogen-bond donors (Lipinski definition) is 0. The zero-order valence-corrected chi connectivity index (χ0v) is 10.5. The van der Waals surface area contributed by atoms with Crippen molar-refractivity contribution in [1.82, 2.24) is 0 Å². The molecule has 0 bridgehead atoms. The fraction of sp³-hybridized carbons (Fsp3) is 0.462. The van der Waals surface area contributed by atoms with Crippen LogP contribution in [0.4, 0.5) is 4.39 Å². The van der Waals surface area contributed by atoms with Gasteiger partial charge in [0.05, 0.1) is 26.7 Å². The summed E-state index contributed by atoms with van der Waals surface area (Å²) in [5.41, 5.74) is -0.444. The predicted molar refractivity (Wildman–Crippen MR) is 63.0 cm³/mol. The van der Waals surface area contributed by atoms with Crippen LogP contribution in [0.2, 0.25) is 0 Å². The first-order chi connectivity index (χ1) is 7.93. The lowest BCUT2D eigenvalue weighted by atomic mass is 9.92. The van der Waals surface area contributed by atoms with Crippen LogP contribution in [0, 0.1) is 11.3 Å². The molecule has 1 aromatic carbocycles. The van der Waals surface area contributed by atoms with Crippen LogP contribution in [0.3, 0.4) is 0 Å². The minimum absolute atomic E-state index is 0.142. The Morgan fingerprint density at radius 1 is 1.24 bits per heavy atom. The van der Waals surface area contributed by atoms with Crippen molar-refractivity contribution in [1.29, 1.82) is 5.26 Å². The molecular formula is C13H16FNO2. The average Bonchev–Trinajstić information content (AvgIpc) is 2.27. The Morgan fingerprint density at radius 2 is 1.76 bits per heavy atom. The van der Waals surface area contributed by atoms with E-state index < -0.39 is 5.67 Å². The summed E-state index contributed by atoms with van der Waals surface area (Å²) in [7, 11) is 3.01. The van der Waals surface area contributed by atoms with Crippen molar-refractivity contribution in [2.45, 2.75) is 25.9 Å². The molecule has 0 aliphatic heterocycles. The van der Waals surface area contributed by atoms with Crippen molar-refractivity contribution in [2.75, 3.05) is 14.2 Å². The fourth-order valence-corrected chi connectivity index (χ4v) is 1.71. The summed E-state index contributed by atoms with van der Waals surface area (Å²) in [5.74, 6) is 0.973. The van der Waals surface area contributed by atoms with Crippen LogP contribution >= 0.6 is 0 Å². The number of alkyl halides is 1. The van der Waals surface area contributed by atoms with Gasteiger partial charge in [0.25, 0.3) is 0 Å². The van der Waals surface area contributed by atoms with Gasteiger partial charge in [-0.2, -0.15) is 5.26 Å². The highest BCUT2D eigenvalue weighted by molar-refractivity contribution is 5.49. The largest absolute Gasteiger partial charge is 0.493 e. The number of benzene rings is 1. The minimum Gasteiger partial charge on any atom is -0.493 e. The van der Waals surface area contributed by atoms with E-state index in [4.69, 9.17) is 14.7 Å². The van der Waals surface area contributed by atoms with Crippen LogP contribution in [-0.4, -0.2) is 14.2 Å². The minimum atomic E-state index is -1.52. The second kappa shape index (κ2) is 5.05. The number of ether oxygens (including phenoxy) is 2. The van der Waals surface area contributed by atoms with Gasteiger partial charge >= 0.3 is 0 Å². The molecule has 0 atom stereocenters. The van der Waals surface area contributed by atoms with E-state index in [0.29, 0.717) is 22.6 Å². The Bertz CT molecular complexity index is 444. The van der Waals surface area contributed by atoms with E-state index in [9.17, 15) is 4.39 Å². The molecule has 0 aromatic heterocycles. The molecule has 0 radical (unpaired) electrons. The monoisotopic (exact) mass is 237 g/mol. The molecule has 92 valence electrons. The fourth-order valence-electron chi connectivity index (χ4n) is 1.71. The van der Waals surface area contributed by atoms with Crippen LogP contribution < -0.4 is 9.47 Å². The van der Waals surface area contributed by atoms with Gasteiger partial charge in [-0.3, -0.25) is 0 Å². The molecule has 1 aromatic rings. The van der Waals surface area contributed by atoms with Crippen LogP contribution in [0.5, 0.6) is 11.5 Å². The number of hydrogen-bond acceptors (Lipinski definition) is 3. The normalized spacial score (nSPS) is 10.8. The van der Waals surface area contributed by atoms with E-state index in [2.05, 4.69) is 0 Å². The van der Waals surface area contributed by atoms with Crippen molar-refractivity contribution in [2.24, 2.45) is 0 Å². The molecule has 0 aliphatic carbocycles. The Morgan fingerprint density at radius 3 is 2.18 bits per heavy atom. The Labute approximate surface area is 101 Å². The third-order valence-corrected chi connectivity index (χ3v) is 2.52. The van der Waals surface area contributed by atoms with Gasteiger partial charge in [0, 0.05) is 0 Å². The van der Waals surface area contributed by atoms with Gasteiger partial charge in [0.2, 0.25) is 0 Å². The number of halogens is 1. The summed E-state index contributed by atoms with van der Waals surface area (Å²) in [5, 5.41) is 8.76. The molecule has 0 saturated heterocycles. The smallest absolute Gasteiger partial charge is 0.161 e. The van der Waals surface area contributed by atoms with E-state index in [1.807, 2.05) is 6.07 Å². The Balaban J connectivity index is 3.41. The highest BCUT2D eigenvalue weighted by Gasteiger charge is 2.24. The Hall–Kier alpha value is -1.76. The van der Waals surface area contributed by atoms with Crippen molar-refractivity contribution < 1.29 is 13.9 Å². The average molecular weight is 237 g/mol.